The molecule has 0 atom stereocenters. The molecule has 106 valence electrons. The minimum atomic E-state index is 0.650. The van der Waals surface area contributed by atoms with Gasteiger partial charge < -0.3 is 5.73 Å². The van der Waals surface area contributed by atoms with Crippen molar-refractivity contribution in [1.82, 2.24) is 9.78 Å². The van der Waals surface area contributed by atoms with E-state index in [0.717, 1.165) is 16.9 Å². The summed E-state index contributed by atoms with van der Waals surface area (Å²) >= 11 is 0. The molecule has 0 fully saturated rings. The van der Waals surface area contributed by atoms with Crippen LogP contribution in [0.15, 0.2) is 48.5 Å². The largest absolute Gasteiger partial charge is 0.384 e. The molecule has 0 amide bonds. The highest BCUT2D eigenvalue weighted by Gasteiger charge is 2.10. The van der Waals surface area contributed by atoms with E-state index >= 15 is 0 Å². The van der Waals surface area contributed by atoms with E-state index < -0.39 is 0 Å². The fraction of sp³-hybridized carbons (Fsp3) is 0.167. The van der Waals surface area contributed by atoms with Gasteiger partial charge in [-0.3, -0.25) is 0 Å². The van der Waals surface area contributed by atoms with Gasteiger partial charge in [0.2, 0.25) is 0 Å². The molecule has 0 unspecified atom stereocenters. The predicted octanol–water partition coefficient (Wildman–Crippen LogP) is 4.05. The van der Waals surface area contributed by atoms with Crippen LogP contribution in [0.4, 0.5) is 5.82 Å². The minimum Gasteiger partial charge on any atom is -0.384 e. The van der Waals surface area contributed by atoms with Crippen LogP contribution in [0.5, 0.6) is 0 Å². The van der Waals surface area contributed by atoms with Crippen LogP contribution >= 0.6 is 0 Å². The minimum absolute atomic E-state index is 0.650. The van der Waals surface area contributed by atoms with Gasteiger partial charge in [0, 0.05) is 11.6 Å². The lowest BCUT2D eigenvalue weighted by Crippen LogP contribution is -2.03. The van der Waals surface area contributed by atoms with Gasteiger partial charge in [-0.1, -0.05) is 47.5 Å². The fourth-order valence-corrected chi connectivity index (χ4v) is 2.50. The van der Waals surface area contributed by atoms with Gasteiger partial charge in [-0.2, -0.15) is 5.10 Å². The second kappa shape index (κ2) is 5.09. The number of nitrogen functional groups attached to an aromatic ring is 1. The molecule has 2 N–H and O–H groups in total. The smallest absolute Gasteiger partial charge is 0.127 e. The van der Waals surface area contributed by atoms with E-state index in [9.17, 15) is 0 Å². The number of rotatable bonds is 2. The highest BCUT2D eigenvalue weighted by atomic mass is 15.3. The SMILES string of the molecule is Cc1ccc(-c2cc(N)n(-c3ccc(C)cc3C)n2)cc1. The van der Waals surface area contributed by atoms with Crippen molar-refractivity contribution in [3.8, 4) is 16.9 Å². The summed E-state index contributed by atoms with van der Waals surface area (Å²) in [7, 11) is 0. The fourth-order valence-electron chi connectivity index (χ4n) is 2.50. The van der Waals surface area contributed by atoms with Crippen molar-refractivity contribution in [2.24, 2.45) is 0 Å². The van der Waals surface area contributed by atoms with Crippen molar-refractivity contribution in [2.75, 3.05) is 5.73 Å². The van der Waals surface area contributed by atoms with E-state index in [1.807, 2.05) is 10.7 Å². The number of hydrogen-bond acceptors (Lipinski definition) is 2. The Bertz CT molecular complexity index is 783. The molecule has 0 aliphatic heterocycles. The molecule has 3 nitrogen and oxygen atoms in total. The average molecular weight is 277 g/mol. The Morgan fingerprint density at radius 3 is 2.19 bits per heavy atom. The van der Waals surface area contributed by atoms with Gasteiger partial charge in [-0.05, 0) is 32.4 Å². The molecule has 3 rings (SSSR count). The lowest BCUT2D eigenvalue weighted by atomic mass is 10.1. The van der Waals surface area contributed by atoms with Crippen molar-refractivity contribution in [3.63, 3.8) is 0 Å². The zero-order chi connectivity index (χ0) is 15.0. The van der Waals surface area contributed by atoms with Gasteiger partial charge in [0.05, 0.1) is 11.4 Å². The van der Waals surface area contributed by atoms with Gasteiger partial charge in [-0.25, -0.2) is 4.68 Å². The highest BCUT2D eigenvalue weighted by Crippen LogP contribution is 2.25. The molecule has 1 heterocycles. The third-order valence-electron chi connectivity index (χ3n) is 3.66. The Hall–Kier alpha value is -2.55. The van der Waals surface area contributed by atoms with Gasteiger partial charge in [-0.15, -0.1) is 0 Å². The van der Waals surface area contributed by atoms with Crippen LogP contribution in [0.3, 0.4) is 0 Å². The highest BCUT2D eigenvalue weighted by molar-refractivity contribution is 5.64. The molecule has 0 saturated carbocycles. The lowest BCUT2D eigenvalue weighted by molar-refractivity contribution is 0.886. The van der Waals surface area contributed by atoms with Crippen LogP contribution in [-0.2, 0) is 0 Å². The lowest BCUT2D eigenvalue weighted by Gasteiger charge is -2.08. The molecular weight excluding hydrogens is 258 g/mol. The van der Waals surface area contributed by atoms with Crippen molar-refractivity contribution in [1.29, 1.82) is 0 Å². The number of benzene rings is 2. The van der Waals surface area contributed by atoms with Gasteiger partial charge >= 0.3 is 0 Å². The summed E-state index contributed by atoms with van der Waals surface area (Å²) in [6.45, 7) is 6.24. The van der Waals surface area contributed by atoms with Gasteiger partial charge in [0.25, 0.3) is 0 Å². The van der Waals surface area contributed by atoms with Crippen molar-refractivity contribution in [3.05, 3.63) is 65.2 Å². The number of nitrogens with zero attached hydrogens (tertiary/aromatic N) is 2. The first-order valence-electron chi connectivity index (χ1n) is 7.05. The Kier molecular flexibility index (Phi) is 3.26. The quantitative estimate of drug-likeness (QED) is 0.768. The maximum absolute atomic E-state index is 6.15. The Balaban J connectivity index is 2.07. The van der Waals surface area contributed by atoms with E-state index in [-0.39, 0.29) is 0 Å². The summed E-state index contributed by atoms with van der Waals surface area (Å²) in [4.78, 5) is 0. The molecule has 0 saturated heterocycles. The van der Waals surface area contributed by atoms with Crippen LogP contribution in [0.1, 0.15) is 16.7 Å². The molecule has 0 aliphatic carbocycles. The number of aromatic nitrogens is 2. The molecular formula is C18H19N3. The average Bonchev–Trinajstić information content (AvgIpc) is 2.81. The summed E-state index contributed by atoms with van der Waals surface area (Å²) in [5, 5.41) is 4.66. The summed E-state index contributed by atoms with van der Waals surface area (Å²) in [5.41, 5.74) is 12.8. The number of anilines is 1. The molecule has 2 aromatic carbocycles. The number of hydrogen-bond donors (Lipinski definition) is 1. The zero-order valence-electron chi connectivity index (χ0n) is 12.6. The van der Waals surface area contributed by atoms with E-state index in [1.165, 1.54) is 16.7 Å². The van der Waals surface area contributed by atoms with Gasteiger partial charge in [0.1, 0.15) is 5.82 Å². The third kappa shape index (κ3) is 2.55. The summed E-state index contributed by atoms with van der Waals surface area (Å²) in [6, 6.07) is 16.5. The van der Waals surface area contributed by atoms with Gasteiger partial charge in [0.15, 0.2) is 0 Å². The van der Waals surface area contributed by atoms with Crippen molar-refractivity contribution < 1.29 is 0 Å². The second-order valence-corrected chi connectivity index (χ2v) is 5.52. The topological polar surface area (TPSA) is 43.8 Å². The molecule has 3 heteroatoms. The first-order valence-corrected chi connectivity index (χ1v) is 7.05. The van der Waals surface area contributed by atoms with Crippen LogP contribution in [0.2, 0.25) is 0 Å². The Morgan fingerprint density at radius 2 is 1.52 bits per heavy atom. The molecule has 0 aliphatic rings. The summed E-state index contributed by atoms with van der Waals surface area (Å²) in [6.07, 6.45) is 0. The number of aryl methyl sites for hydroxylation is 3. The molecule has 0 bridgehead atoms. The molecule has 21 heavy (non-hydrogen) atoms. The first-order chi connectivity index (χ1) is 10.0. The van der Waals surface area contributed by atoms with E-state index in [1.54, 1.807) is 0 Å². The van der Waals surface area contributed by atoms with Crippen LogP contribution < -0.4 is 5.73 Å². The van der Waals surface area contributed by atoms with Crippen molar-refractivity contribution in [2.45, 2.75) is 20.8 Å². The normalized spacial score (nSPS) is 10.8. The summed E-state index contributed by atoms with van der Waals surface area (Å²) in [5.74, 6) is 0.650. The third-order valence-corrected chi connectivity index (χ3v) is 3.66. The monoisotopic (exact) mass is 277 g/mol. The van der Waals surface area contributed by atoms with Crippen LogP contribution in [0.25, 0.3) is 16.9 Å². The molecule has 3 aromatic rings. The molecule has 0 radical (unpaired) electrons. The number of nitrogens with two attached hydrogens (primary N) is 1. The van der Waals surface area contributed by atoms with E-state index in [0.29, 0.717) is 5.82 Å². The van der Waals surface area contributed by atoms with Crippen LogP contribution in [0, 0.1) is 20.8 Å². The van der Waals surface area contributed by atoms with E-state index in [4.69, 9.17) is 5.73 Å². The summed E-state index contributed by atoms with van der Waals surface area (Å²) < 4.78 is 1.81. The maximum Gasteiger partial charge on any atom is 0.127 e. The Morgan fingerprint density at radius 1 is 0.857 bits per heavy atom. The zero-order valence-corrected chi connectivity index (χ0v) is 12.6. The van der Waals surface area contributed by atoms with Crippen molar-refractivity contribution >= 4 is 5.82 Å². The second-order valence-electron chi connectivity index (χ2n) is 5.52. The standard InChI is InChI=1S/C18H19N3/c1-12-4-7-15(8-5-12)16-11-18(19)21(20-16)17-9-6-13(2)10-14(17)3/h4-11H,19H2,1-3H3. The molecule has 0 spiro atoms. The predicted molar refractivity (Wildman–Crippen MR) is 87.6 cm³/mol. The molecule has 1 aromatic heterocycles. The first kappa shape index (κ1) is 13.4. The Labute approximate surface area is 125 Å². The maximum atomic E-state index is 6.15. The van der Waals surface area contributed by atoms with Crippen LogP contribution in [-0.4, -0.2) is 9.78 Å². The van der Waals surface area contributed by atoms with E-state index in [2.05, 4.69) is 68.3 Å².